The fourth-order valence-corrected chi connectivity index (χ4v) is 2.24. The maximum atomic E-state index is 12.1. The van der Waals surface area contributed by atoms with Crippen LogP contribution in [-0.2, 0) is 0 Å². The van der Waals surface area contributed by atoms with Gasteiger partial charge >= 0.3 is 0 Å². The summed E-state index contributed by atoms with van der Waals surface area (Å²) in [4.78, 5) is 12.1. The van der Waals surface area contributed by atoms with Crippen LogP contribution >= 0.6 is 0 Å². The molecule has 3 rings (SSSR count). The number of hydrogen-bond acceptors (Lipinski definition) is 3. The summed E-state index contributed by atoms with van der Waals surface area (Å²) in [6, 6.07) is 12.9. The molecular weight excluding hydrogens is 238 g/mol. The van der Waals surface area contributed by atoms with E-state index < -0.39 is 0 Å². The molecule has 0 atom stereocenters. The van der Waals surface area contributed by atoms with Crippen LogP contribution in [0.4, 0.5) is 11.4 Å². The summed E-state index contributed by atoms with van der Waals surface area (Å²) in [6.45, 7) is 4.17. The molecule has 0 aromatic heterocycles. The largest absolute Gasteiger partial charge is 0.453 e. The van der Waals surface area contributed by atoms with Gasteiger partial charge in [-0.25, -0.2) is 0 Å². The molecule has 0 saturated heterocycles. The molecule has 96 valence electrons. The fourth-order valence-electron chi connectivity index (χ4n) is 2.24. The zero-order chi connectivity index (χ0) is 13.4. The quantitative estimate of drug-likeness (QED) is 0.711. The molecule has 3 nitrogen and oxygen atoms in total. The molecule has 0 bridgehead atoms. The lowest BCUT2D eigenvalue weighted by atomic mass is 10.0. The van der Waals surface area contributed by atoms with Crippen LogP contribution in [0.25, 0.3) is 0 Å². The van der Waals surface area contributed by atoms with E-state index in [2.05, 4.69) is 19.2 Å². The Morgan fingerprint density at radius 1 is 1.05 bits per heavy atom. The van der Waals surface area contributed by atoms with Gasteiger partial charge in [-0.2, -0.15) is 0 Å². The van der Waals surface area contributed by atoms with Gasteiger partial charge in [0, 0.05) is 0 Å². The standard InChI is InChI=1S/C16H15NO2/c1-10(2)11-6-5-8-13(18)15-16(11)19-14-9-4-3-7-12(14)17-15/h3-10,17H,1-2H3. The fraction of sp³-hybridized carbons (Fsp3) is 0.188. The zero-order valence-corrected chi connectivity index (χ0v) is 10.9. The highest BCUT2D eigenvalue weighted by Gasteiger charge is 2.21. The second-order valence-corrected chi connectivity index (χ2v) is 4.93. The van der Waals surface area contributed by atoms with Crippen molar-refractivity contribution in [1.82, 2.24) is 0 Å². The van der Waals surface area contributed by atoms with E-state index in [4.69, 9.17) is 4.74 Å². The number of benzene rings is 1. The van der Waals surface area contributed by atoms with Gasteiger partial charge in [0.2, 0.25) is 5.43 Å². The monoisotopic (exact) mass is 253 g/mol. The van der Waals surface area contributed by atoms with Crippen LogP contribution in [0.1, 0.15) is 25.3 Å². The molecule has 2 aromatic rings. The number of rotatable bonds is 1. The van der Waals surface area contributed by atoms with E-state index in [9.17, 15) is 4.79 Å². The van der Waals surface area contributed by atoms with E-state index in [1.54, 1.807) is 12.1 Å². The Hall–Kier alpha value is -2.29. The van der Waals surface area contributed by atoms with Gasteiger partial charge in [-0.1, -0.05) is 38.1 Å². The smallest absolute Gasteiger partial charge is 0.205 e. The van der Waals surface area contributed by atoms with Gasteiger partial charge in [0.05, 0.1) is 5.69 Å². The van der Waals surface area contributed by atoms with Crippen molar-refractivity contribution in [3.05, 3.63) is 58.3 Å². The van der Waals surface area contributed by atoms with Crippen molar-refractivity contribution in [2.24, 2.45) is 0 Å². The molecule has 1 N–H and O–H groups in total. The average Bonchev–Trinajstić information content (AvgIpc) is 2.56. The third kappa shape index (κ3) is 1.97. The van der Waals surface area contributed by atoms with Crippen LogP contribution in [0.3, 0.4) is 0 Å². The number of ether oxygens (including phenoxy) is 1. The Morgan fingerprint density at radius 3 is 2.63 bits per heavy atom. The molecule has 1 aliphatic rings. The minimum atomic E-state index is -0.0589. The van der Waals surface area contributed by atoms with Crippen molar-refractivity contribution in [2.45, 2.75) is 19.8 Å². The first-order chi connectivity index (χ1) is 9.16. The second kappa shape index (κ2) is 4.43. The lowest BCUT2D eigenvalue weighted by Gasteiger charge is -2.22. The zero-order valence-electron chi connectivity index (χ0n) is 10.9. The van der Waals surface area contributed by atoms with E-state index in [1.807, 2.05) is 30.3 Å². The topological polar surface area (TPSA) is 38.3 Å². The van der Waals surface area contributed by atoms with Crippen LogP contribution in [0.5, 0.6) is 11.5 Å². The van der Waals surface area contributed by atoms with Crippen molar-refractivity contribution in [3.8, 4) is 11.5 Å². The van der Waals surface area contributed by atoms with Crippen molar-refractivity contribution < 1.29 is 4.74 Å². The normalized spacial score (nSPS) is 12.2. The molecule has 0 spiro atoms. The highest BCUT2D eigenvalue weighted by Crippen LogP contribution is 2.43. The van der Waals surface area contributed by atoms with E-state index in [0.717, 1.165) is 17.0 Å². The first-order valence-electron chi connectivity index (χ1n) is 6.38. The third-order valence-electron chi connectivity index (χ3n) is 3.24. The second-order valence-electron chi connectivity index (χ2n) is 4.93. The van der Waals surface area contributed by atoms with Crippen molar-refractivity contribution in [1.29, 1.82) is 0 Å². The summed E-state index contributed by atoms with van der Waals surface area (Å²) >= 11 is 0. The van der Waals surface area contributed by atoms with Crippen molar-refractivity contribution in [2.75, 3.05) is 5.32 Å². The average molecular weight is 253 g/mol. The molecule has 0 radical (unpaired) electrons. The molecule has 1 heterocycles. The molecule has 0 amide bonds. The van der Waals surface area contributed by atoms with Crippen LogP contribution < -0.4 is 15.5 Å². The van der Waals surface area contributed by atoms with Gasteiger partial charge in [-0.15, -0.1) is 0 Å². The first-order valence-corrected chi connectivity index (χ1v) is 6.38. The number of nitrogens with one attached hydrogen (secondary N) is 1. The highest BCUT2D eigenvalue weighted by molar-refractivity contribution is 5.76. The first kappa shape index (κ1) is 11.8. The molecule has 0 fully saturated rings. The summed E-state index contributed by atoms with van der Waals surface area (Å²) in [5.41, 5.74) is 2.32. The van der Waals surface area contributed by atoms with E-state index in [-0.39, 0.29) is 11.3 Å². The van der Waals surface area contributed by atoms with Crippen molar-refractivity contribution in [3.63, 3.8) is 0 Å². The SMILES string of the molecule is CC(C)c1cccc(=O)c2c1Oc1ccccc1N2. The summed E-state index contributed by atoms with van der Waals surface area (Å²) in [5.74, 6) is 1.68. The predicted molar refractivity (Wildman–Crippen MR) is 76.6 cm³/mol. The van der Waals surface area contributed by atoms with Gasteiger partial charge in [-0.3, -0.25) is 4.79 Å². The Balaban J connectivity index is 2.26. The Labute approximate surface area is 111 Å². The third-order valence-corrected chi connectivity index (χ3v) is 3.24. The van der Waals surface area contributed by atoms with Gasteiger partial charge < -0.3 is 10.1 Å². The van der Waals surface area contributed by atoms with Gasteiger partial charge in [-0.05, 0) is 29.7 Å². The molecule has 0 saturated carbocycles. The Kier molecular flexibility index (Phi) is 2.75. The highest BCUT2D eigenvalue weighted by atomic mass is 16.5. The number of para-hydroxylation sites is 2. The molecule has 3 heteroatoms. The number of fused-ring (bicyclic) bond motifs is 2. The Morgan fingerprint density at radius 2 is 1.84 bits per heavy atom. The van der Waals surface area contributed by atoms with E-state index in [1.165, 1.54) is 0 Å². The summed E-state index contributed by atoms with van der Waals surface area (Å²) in [7, 11) is 0. The van der Waals surface area contributed by atoms with Crippen molar-refractivity contribution >= 4 is 11.4 Å². The Bertz CT molecular complexity index is 692. The van der Waals surface area contributed by atoms with E-state index in [0.29, 0.717) is 11.4 Å². The summed E-state index contributed by atoms with van der Waals surface area (Å²) < 4.78 is 5.95. The molecule has 1 aliphatic heterocycles. The lowest BCUT2D eigenvalue weighted by Crippen LogP contribution is -2.11. The van der Waals surface area contributed by atoms with E-state index >= 15 is 0 Å². The molecule has 0 unspecified atom stereocenters. The summed E-state index contributed by atoms with van der Waals surface area (Å²) in [6.07, 6.45) is 0. The maximum Gasteiger partial charge on any atom is 0.205 e. The lowest BCUT2D eigenvalue weighted by molar-refractivity contribution is 0.472. The van der Waals surface area contributed by atoms with Crippen LogP contribution in [0, 0.1) is 0 Å². The van der Waals surface area contributed by atoms with Crippen LogP contribution in [-0.4, -0.2) is 0 Å². The van der Waals surface area contributed by atoms with Gasteiger partial charge in [0.25, 0.3) is 0 Å². The van der Waals surface area contributed by atoms with Gasteiger partial charge in [0.15, 0.2) is 11.5 Å². The maximum absolute atomic E-state index is 12.1. The molecule has 19 heavy (non-hydrogen) atoms. The molecule has 2 aromatic carbocycles. The molecular formula is C16H15NO2. The predicted octanol–water partition coefficient (Wildman–Crippen LogP) is 4.02. The summed E-state index contributed by atoms with van der Waals surface area (Å²) in [5, 5.41) is 3.19. The number of anilines is 2. The van der Waals surface area contributed by atoms with Gasteiger partial charge in [0.1, 0.15) is 5.69 Å². The molecule has 0 aliphatic carbocycles. The van der Waals surface area contributed by atoms with Crippen LogP contribution in [0.15, 0.2) is 47.3 Å². The minimum Gasteiger partial charge on any atom is -0.453 e. The van der Waals surface area contributed by atoms with Crippen LogP contribution in [0.2, 0.25) is 0 Å². The minimum absolute atomic E-state index is 0.0589. The number of hydrogen-bond donors (Lipinski definition) is 1.